The first-order valence-corrected chi connectivity index (χ1v) is 5.44. The van der Waals surface area contributed by atoms with Gasteiger partial charge in [-0.25, -0.2) is 4.68 Å². The number of carbonyl (C=O) groups is 1. The highest BCUT2D eigenvalue weighted by Crippen LogP contribution is 2.11. The highest BCUT2D eigenvalue weighted by Gasteiger charge is 2.12. The number of methoxy groups -OCH3 is 1. The third-order valence-electron chi connectivity index (χ3n) is 2.46. The van der Waals surface area contributed by atoms with Gasteiger partial charge in [0.15, 0.2) is 5.78 Å². The van der Waals surface area contributed by atoms with Gasteiger partial charge in [0.05, 0.1) is 18.5 Å². The molecule has 0 atom stereocenters. The van der Waals surface area contributed by atoms with Crippen LogP contribution >= 0.6 is 0 Å². The molecule has 0 N–H and O–H groups in total. The molecule has 0 saturated carbocycles. The van der Waals surface area contributed by atoms with E-state index in [-0.39, 0.29) is 5.78 Å². The molecule has 1 aromatic carbocycles. The van der Waals surface area contributed by atoms with Gasteiger partial charge in [-0.05, 0) is 18.2 Å². The molecule has 17 heavy (non-hydrogen) atoms. The van der Waals surface area contributed by atoms with Crippen LogP contribution in [0.1, 0.15) is 16.9 Å². The number of hydrogen-bond donors (Lipinski definition) is 0. The minimum absolute atomic E-state index is 0.0354. The predicted molar refractivity (Wildman–Crippen MR) is 64.4 cm³/mol. The summed E-state index contributed by atoms with van der Waals surface area (Å²) in [5.41, 5.74) is 1.48. The van der Waals surface area contributed by atoms with Gasteiger partial charge in [0, 0.05) is 13.5 Å². The van der Waals surface area contributed by atoms with Crippen molar-refractivity contribution in [2.75, 3.05) is 13.7 Å². The van der Waals surface area contributed by atoms with Crippen molar-refractivity contribution in [2.24, 2.45) is 0 Å². The number of benzene rings is 1. The number of ether oxygens (including phenoxy) is 1. The molecule has 0 fully saturated rings. The number of hydrogen-bond acceptors (Lipinski definition) is 3. The lowest BCUT2D eigenvalue weighted by Gasteiger charge is -2.06. The lowest BCUT2D eigenvalue weighted by Crippen LogP contribution is -2.10. The lowest BCUT2D eigenvalue weighted by atomic mass is 10.2. The van der Waals surface area contributed by atoms with E-state index in [1.54, 1.807) is 24.1 Å². The average molecular weight is 230 g/mol. The van der Waals surface area contributed by atoms with E-state index in [0.29, 0.717) is 18.7 Å². The van der Waals surface area contributed by atoms with Gasteiger partial charge in [-0.15, -0.1) is 0 Å². The SMILES string of the molecule is COCCC(=O)c1ccnn1-c1ccccc1. The smallest absolute Gasteiger partial charge is 0.183 e. The first kappa shape index (κ1) is 11.5. The highest BCUT2D eigenvalue weighted by molar-refractivity contribution is 5.95. The number of ketones is 1. The first-order chi connectivity index (χ1) is 8.33. The van der Waals surface area contributed by atoms with Crippen LogP contribution in [0.5, 0.6) is 0 Å². The van der Waals surface area contributed by atoms with E-state index in [4.69, 9.17) is 4.74 Å². The molecule has 1 aromatic heterocycles. The summed E-state index contributed by atoms with van der Waals surface area (Å²) in [5.74, 6) is 0.0354. The van der Waals surface area contributed by atoms with Crippen molar-refractivity contribution >= 4 is 5.78 Å². The number of aromatic nitrogens is 2. The molecule has 0 amide bonds. The van der Waals surface area contributed by atoms with E-state index >= 15 is 0 Å². The molecule has 0 aliphatic rings. The van der Waals surface area contributed by atoms with Crippen LogP contribution in [-0.2, 0) is 4.74 Å². The van der Waals surface area contributed by atoms with Crippen LogP contribution in [0, 0.1) is 0 Å². The maximum atomic E-state index is 11.9. The monoisotopic (exact) mass is 230 g/mol. The minimum Gasteiger partial charge on any atom is -0.384 e. The molecule has 2 rings (SSSR count). The normalized spacial score (nSPS) is 10.4. The maximum absolute atomic E-state index is 11.9. The van der Waals surface area contributed by atoms with Crippen LogP contribution in [0.15, 0.2) is 42.6 Å². The van der Waals surface area contributed by atoms with E-state index in [2.05, 4.69) is 5.10 Å². The molecule has 0 saturated heterocycles. The fraction of sp³-hybridized carbons (Fsp3) is 0.231. The Morgan fingerprint density at radius 2 is 2.06 bits per heavy atom. The van der Waals surface area contributed by atoms with E-state index in [9.17, 15) is 4.79 Å². The highest BCUT2D eigenvalue weighted by atomic mass is 16.5. The molecular formula is C13H14N2O2. The maximum Gasteiger partial charge on any atom is 0.183 e. The number of carbonyl (C=O) groups excluding carboxylic acids is 1. The summed E-state index contributed by atoms with van der Waals surface area (Å²) in [6, 6.07) is 11.3. The molecule has 2 aromatic rings. The summed E-state index contributed by atoms with van der Waals surface area (Å²) < 4.78 is 6.56. The summed E-state index contributed by atoms with van der Waals surface area (Å²) in [6.07, 6.45) is 2.00. The van der Waals surface area contributed by atoms with E-state index in [1.807, 2.05) is 30.3 Å². The summed E-state index contributed by atoms with van der Waals surface area (Å²) in [5, 5.41) is 4.17. The molecule has 0 aliphatic heterocycles. The van der Waals surface area contributed by atoms with Gasteiger partial charge in [0.1, 0.15) is 5.69 Å². The number of nitrogens with zero attached hydrogens (tertiary/aromatic N) is 2. The largest absolute Gasteiger partial charge is 0.384 e. The first-order valence-electron chi connectivity index (χ1n) is 5.44. The molecular weight excluding hydrogens is 216 g/mol. The fourth-order valence-electron chi connectivity index (χ4n) is 1.61. The standard InChI is InChI=1S/C13H14N2O2/c1-17-10-8-13(16)12-7-9-14-15(12)11-5-3-2-4-6-11/h2-7,9H,8,10H2,1H3. The van der Waals surface area contributed by atoms with Crippen LogP contribution in [0.4, 0.5) is 0 Å². The molecule has 0 unspecified atom stereocenters. The van der Waals surface area contributed by atoms with Gasteiger partial charge in [-0.3, -0.25) is 4.79 Å². The van der Waals surface area contributed by atoms with Crippen LogP contribution in [0.25, 0.3) is 5.69 Å². The van der Waals surface area contributed by atoms with Crippen LogP contribution in [0.2, 0.25) is 0 Å². The van der Waals surface area contributed by atoms with Crippen molar-refractivity contribution in [1.82, 2.24) is 9.78 Å². The molecule has 1 heterocycles. The fourth-order valence-corrected chi connectivity index (χ4v) is 1.61. The summed E-state index contributed by atoms with van der Waals surface area (Å²) in [4.78, 5) is 11.9. The predicted octanol–water partition coefficient (Wildman–Crippen LogP) is 2.09. The number of para-hydroxylation sites is 1. The van der Waals surface area contributed by atoms with Gasteiger partial charge in [0.25, 0.3) is 0 Å². The third kappa shape index (κ3) is 2.60. The van der Waals surface area contributed by atoms with Crippen molar-refractivity contribution in [3.8, 4) is 5.69 Å². The summed E-state index contributed by atoms with van der Waals surface area (Å²) in [7, 11) is 1.59. The molecule has 4 nitrogen and oxygen atoms in total. The van der Waals surface area contributed by atoms with Crippen molar-refractivity contribution in [3.63, 3.8) is 0 Å². The Balaban J connectivity index is 2.26. The second-order valence-corrected chi connectivity index (χ2v) is 3.63. The Labute approximate surface area is 99.8 Å². The van der Waals surface area contributed by atoms with Gasteiger partial charge < -0.3 is 4.74 Å². The Morgan fingerprint density at radius 3 is 2.76 bits per heavy atom. The third-order valence-corrected chi connectivity index (χ3v) is 2.46. The lowest BCUT2D eigenvalue weighted by molar-refractivity contribution is 0.0924. The van der Waals surface area contributed by atoms with Crippen molar-refractivity contribution in [2.45, 2.75) is 6.42 Å². The van der Waals surface area contributed by atoms with Gasteiger partial charge >= 0.3 is 0 Å². The second kappa shape index (κ2) is 5.41. The van der Waals surface area contributed by atoms with Crippen molar-refractivity contribution < 1.29 is 9.53 Å². The molecule has 0 bridgehead atoms. The Hall–Kier alpha value is -1.94. The van der Waals surface area contributed by atoms with E-state index in [1.165, 1.54) is 0 Å². The topological polar surface area (TPSA) is 44.1 Å². The van der Waals surface area contributed by atoms with Gasteiger partial charge in [0.2, 0.25) is 0 Å². The number of Topliss-reactive ketones (excluding diaryl/α,β-unsaturated/α-hetero) is 1. The zero-order valence-electron chi connectivity index (χ0n) is 9.67. The van der Waals surface area contributed by atoms with Gasteiger partial charge in [-0.1, -0.05) is 18.2 Å². The van der Waals surface area contributed by atoms with Crippen LogP contribution < -0.4 is 0 Å². The Bertz CT molecular complexity index is 491. The summed E-state index contributed by atoms with van der Waals surface area (Å²) >= 11 is 0. The van der Waals surface area contributed by atoms with Crippen LogP contribution in [-0.4, -0.2) is 29.3 Å². The Morgan fingerprint density at radius 1 is 1.29 bits per heavy atom. The molecule has 4 heteroatoms. The summed E-state index contributed by atoms with van der Waals surface area (Å²) in [6.45, 7) is 0.429. The average Bonchev–Trinajstić information content (AvgIpc) is 2.86. The van der Waals surface area contributed by atoms with Crippen LogP contribution in [0.3, 0.4) is 0 Å². The Kier molecular flexibility index (Phi) is 3.67. The molecule has 88 valence electrons. The molecule has 0 aliphatic carbocycles. The minimum atomic E-state index is 0.0354. The molecule has 0 spiro atoms. The van der Waals surface area contributed by atoms with Crippen molar-refractivity contribution in [1.29, 1.82) is 0 Å². The quantitative estimate of drug-likeness (QED) is 0.739. The van der Waals surface area contributed by atoms with Gasteiger partial charge in [-0.2, -0.15) is 5.10 Å². The van der Waals surface area contributed by atoms with E-state index < -0.39 is 0 Å². The second-order valence-electron chi connectivity index (χ2n) is 3.63. The molecule has 0 radical (unpaired) electrons. The zero-order chi connectivity index (χ0) is 12.1. The van der Waals surface area contributed by atoms with Crippen molar-refractivity contribution in [3.05, 3.63) is 48.3 Å². The van der Waals surface area contributed by atoms with E-state index in [0.717, 1.165) is 5.69 Å². The number of rotatable bonds is 5. The zero-order valence-corrected chi connectivity index (χ0v) is 9.67.